The third-order valence-electron chi connectivity index (χ3n) is 3.14. The van der Waals surface area contributed by atoms with Crippen LogP contribution < -0.4 is 0 Å². The number of rotatable bonds is 3. The average Bonchev–Trinajstić information content (AvgIpc) is 2.84. The molecule has 0 radical (unpaired) electrons. The van der Waals surface area contributed by atoms with Gasteiger partial charge in [-0.25, -0.2) is 0 Å². The van der Waals surface area contributed by atoms with Crippen molar-refractivity contribution >= 4 is 5.91 Å². The van der Waals surface area contributed by atoms with Gasteiger partial charge in [0.05, 0.1) is 18.1 Å². The summed E-state index contributed by atoms with van der Waals surface area (Å²) in [5.41, 5.74) is 0. The van der Waals surface area contributed by atoms with Crippen molar-refractivity contribution in [3.05, 3.63) is 0 Å². The van der Waals surface area contributed by atoms with Crippen molar-refractivity contribution in [2.45, 2.75) is 31.8 Å². The minimum Gasteiger partial charge on any atom is -0.378 e. The smallest absolute Gasteiger partial charge is 0.224 e. The molecule has 0 aromatic carbocycles. The number of carbonyl (C=O) groups excluding carboxylic acids is 1. The molecular formula is C11H16N2O2. The average molecular weight is 208 g/mol. The lowest BCUT2D eigenvalue weighted by Crippen LogP contribution is -2.28. The minimum atomic E-state index is -0.0954. The number of carbonyl (C=O) groups is 1. The summed E-state index contributed by atoms with van der Waals surface area (Å²) in [6.45, 7) is 2.23. The molecule has 15 heavy (non-hydrogen) atoms. The third kappa shape index (κ3) is 2.48. The lowest BCUT2D eigenvalue weighted by atomic mass is 10.1. The second kappa shape index (κ2) is 4.63. The van der Waals surface area contributed by atoms with Crippen LogP contribution in [0.25, 0.3) is 0 Å². The Labute approximate surface area is 89.8 Å². The molecule has 2 atom stereocenters. The van der Waals surface area contributed by atoms with E-state index in [9.17, 15) is 4.79 Å². The molecule has 4 nitrogen and oxygen atoms in total. The zero-order valence-electron chi connectivity index (χ0n) is 8.82. The molecule has 2 aliphatic rings. The molecule has 2 fully saturated rings. The molecule has 0 aromatic rings. The van der Waals surface area contributed by atoms with Crippen LogP contribution in [0.5, 0.6) is 0 Å². The Kier molecular flexibility index (Phi) is 3.22. The molecule has 0 spiro atoms. The zero-order chi connectivity index (χ0) is 10.7. The number of likely N-dealkylation sites (tertiary alicyclic amines) is 1. The largest absolute Gasteiger partial charge is 0.378 e. The van der Waals surface area contributed by atoms with Crippen molar-refractivity contribution < 1.29 is 9.53 Å². The molecule has 0 N–H and O–H groups in total. The van der Waals surface area contributed by atoms with Crippen molar-refractivity contribution in [3.8, 4) is 6.07 Å². The molecule has 1 amide bonds. The summed E-state index contributed by atoms with van der Waals surface area (Å²) in [6, 6.07) is 2.16. The molecule has 82 valence electrons. The van der Waals surface area contributed by atoms with Gasteiger partial charge in [0.15, 0.2) is 0 Å². The van der Waals surface area contributed by atoms with Gasteiger partial charge in [-0.2, -0.15) is 5.26 Å². The molecule has 4 heteroatoms. The molecular weight excluding hydrogens is 192 g/mol. The van der Waals surface area contributed by atoms with Gasteiger partial charge in [-0.05, 0) is 19.3 Å². The van der Waals surface area contributed by atoms with Crippen molar-refractivity contribution in [1.29, 1.82) is 5.26 Å². The SMILES string of the molecule is N#CC1CC(=O)N(CCC2CCCO2)C1. The summed E-state index contributed by atoms with van der Waals surface area (Å²) in [5, 5.41) is 8.73. The van der Waals surface area contributed by atoms with Gasteiger partial charge in [0.1, 0.15) is 0 Å². The summed E-state index contributed by atoms with van der Waals surface area (Å²) < 4.78 is 5.50. The van der Waals surface area contributed by atoms with Crippen LogP contribution in [0.15, 0.2) is 0 Å². The van der Waals surface area contributed by atoms with E-state index in [1.807, 2.05) is 0 Å². The predicted molar refractivity (Wildman–Crippen MR) is 53.9 cm³/mol. The monoisotopic (exact) mass is 208 g/mol. The second-order valence-corrected chi connectivity index (χ2v) is 4.29. The summed E-state index contributed by atoms with van der Waals surface area (Å²) in [7, 11) is 0. The highest BCUT2D eigenvalue weighted by Crippen LogP contribution is 2.20. The molecule has 2 heterocycles. The lowest BCUT2D eigenvalue weighted by molar-refractivity contribution is -0.128. The maximum Gasteiger partial charge on any atom is 0.224 e. The fourth-order valence-electron chi connectivity index (χ4n) is 2.25. The molecule has 0 aromatic heterocycles. The molecule has 2 unspecified atom stereocenters. The highest BCUT2D eigenvalue weighted by atomic mass is 16.5. The van der Waals surface area contributed by atoms with Gasteiger partial charge in [-0.15, -0.1) is 0 Å². The Morgan fingerprint density at radius 3 is 3.07 bits per heavy atom. The summed E-state index contributed by atoms with van der Waals surface area (Å²) >= 11 is 0. The van der Waals surface area contributed by atoms with Gasteiger partial charge in [0.2, 0.25) is 5.91 Å². The van der Waals surface area contributed by atoms with E-state index in [0.717, 1.165) is 32.4 Å². The number of amides is 1. The number of ether oxygens (including phenoxy) is 1. The number of nitrogens with zero attached hydrogens (tertiary/aromatic N) is 2. The number of nitriles is 1. The molecule has 2 saturated heterocycles. The predicted octanol–water partition coefficient (Wildman–Crippen LogP) is 0.928. The first-order chi connectivity index (χ1) is 7.29. The van der Waals surface area contributed by atoms with Gasteiger partial charge in [-0.1, -0.05) is 0 Å². The van der Waals surface area contributed by atoms with E-state index in [2.05, 4.69) is 6.07 Å². The van der Waals surface area contributed by atoms with Crippen LogP contribution in [-0.2, 0) is 9.53 Å². The van der Waals surface area contributed by atoms with E-state index in [1.54, 1.807) is 4.90 Å². The van der Waals surface area contributed by atoms with Crippen LogP contribution in [0.3, 0.4) is 0 Å². The van der Waals surface area contributed by atoms with E-state index < -0.39 is 0 Å². The topological polar surface area (TPSA) is 53.3 Å². The lowest BCUT2D eigenvalue weighted by Gasteiger charge is -2.17. The van der Waals surface area contributed by atoms with E-state index in [-0.39, 0.29) is 11.8 Å². The van der Waals surface area contributed by atoms with E-state index in [0.29, 0.717) is 19.1 Å². The van der Waals surface area contributed by atoms with Crippen molar-refractivity contribution in [1.82, 2.24) is 4.90 Å². The summed E-state index contributed by atoms with van der Waals surface area (Å²) in [4.78, 5) is 13.3. The van der Waals surface area contributed by atoms with Crippen LogP contribution in [0.4, 0.5) is 0 Å². The van der Waals surface area contributed by atoms with Crippen LogP contribution in [-0.4, -0.2) is 36.6 Å². The van der Waals surface area contributed by atoms with Crippen LogP contribution in [0.1, 0.15) is 25.7 Å². The fraction of sp³-hybridized carbons (Fsp3) is 0.818. The van der Waals surface area contributed by atoms with Gasteiger partial charge in [0.25, 0.3) is 0 Å². The Balaban J connectivity index is 1.75. The van der Waals surface area contributed by atoms with Gasteiger partial charge in [0, 0.05) is 26.1 Å². The molecule has 0 aliphatic carbocycles. The van der Waals surface area contributed by atoms with Gasteiger partial charge < -0.3 is 9.64 Å². The Morgan fingerprint density at radius 2 is 2.47 bits per heavy atom. The van der Waals surface area contributed by atoms with Crippen molar-refractivity contribution in [3.63, 3.8) is 0 Å². The minimum absolute atomic E-state index is 0.0954. The van der Waals surface area contributed by atoms with Crippen LogP contribution >= 0.6 is 0 Å². The Bertz CT molecular complexity index is 279. The highest BCUT2D eigenvalue weighted by Gasteiger charge is 2.29. The van der Waals surface area contributed by atoms with E-state index in [1.165, 1.54) is 0 Å². The van der Waals surface area contributed by atoms with Gasteiger partial charge in [-0.3, -0.25) is 4.79 Å². The molecule has 2 aliphatic heterocycles. The molecule has 2 rings (SSSR count). The molecule has 0 saturated carbocycles. The maximum atomic E-state index is 11.5. The number of hydrogen-bond acceptors (Lipinski definition) is 3. The normalized spacial score (nSPS) is 30.9. The van der Waals surface area contributed by atoms with E-state index in [4.69, 9.17) is 10.00 Å². The van der Waals surface area contributed by atoms with Gasteiger partial charge >= 0.3 is 0 Å². The second-order valence-electron chi connectivity index (χ2n) is 4.29. The summed E-state index contributed by atoms with van der Waals surface area (Å²) in [5.74, 6) is 0.0292. The van der Waals surface area contributed by atoms with E-state index >= 15 is 0 Å². The highest BCUT2D eigenvalue weighted by molar-refractivity contribution is 5.79. The Morgan fingerprint density at radius 1 is 1.60 bits per heavy atom. The summed E-state index contributed by atoms with van der Waals surface area (Å²) in [6.07, 6.45) is 3.91. The van der Waals surface area contributed by atoms with Crippen LogP contribution in [0, 0.1) is 17.2 Å². The van der Waals surface area contributed by atoms with Crippen molar-refractivity contribution in [2.24, 2.45) is 5.92 Å². The third-order valence-corrected chi connectivity index (χ3v) is 3.14. The van der Waals surface area contributed by atoms with Crippen LogP contribution in [0.2, 0.25) is 0 Å². The Hall–Kier alpha value is -1.08. The fourth-order valence-corrected chi connectivity index (χ4v) is 2.25. The first-order valence-corrected chi connectivity index (χ1v) is 5.58. The molecule has 0 bridgehead atoms. The quantitative estimate of drug-likeness (QED) is 0.693. The first kappa shape index (κ1) is 10.4. The first-order valence-electron chi connectivity index (χ1n) is 5.58. The zero-order valence-corrected chi connectivity index (χ0v) is 8.82. The maximum absolute atomic E-state index is 11.5. The number of hydrogen-bond donors (Lipinski definition) is 0. The standard InChI is InChI=1S/C11H16N2O2/c12-7-9-6-11(14)13(8-9)4-3-10-2-1-5-15-10/h9-10H,1-6,8H2. The van der Waals surface area contributed by atoms with Crippen molar-refractivity contribution in [2.75, 3.05) is 19.7 Å².